The Balaban J connectivity index is 1.47. The number of carbonyl (C=O) groups excluding carboxylic acids is 2. The number of nitrogens with zero attached hydrogens (tertiary/aromatic N) is 1. The van der Waals surface area contributed by atoms with Crippen LogP contribution in [-0.2, 0) is 17.9 Å². The Bertz CT molecular complexity index is 1210. The van der Waals surface area contributed by atoms with Crippen LogP contribution in [0.2, 0.25) is 5.02 Å². The van der Waals surface area contributed by atoms with Crippen molar-refractivity contribution >= 4 is 40.6 Å². The van der Waals surface area contributed by atoms with Crippen LogP contribution in [0.5, 0.6) is 11.5 Å². The second-order valence-electron chi connectivity index (χ2n) is 7.58. The molecule has 168 valence electrons. The van der Waals surface area contributed by atoms with E-state index in [4.69, 9.17) is 21.1 Å². The topological polar surface area (TPSA) is 55.8 Å². The molecule has 0 aromatic heterocycles. The van der Waals surface area contributed by atoms with Gasteiger partial charge in [0.1, 0.15) is 6.61 Å². The molecule has 1 heterocycles. The molecule has 0 unspecified atom stereocenters. The van der Waals surface area contributed by atoms with Gasteiger partial charge in [0, 0.05) is 5.02 Å². The third-order valence-corrected chi connectivity index (χ3v) is 6.29. The van der Waals surface area contributed by atoms with Gasteiger partial charge in [-0.05, 0) is 65.7 Å². The number of hydrogen-bond donors (Lipinski definition) is 0. The van der Waals surface area contributed by atoms with Crippen molar-refractivity contribution in [3.05, 3.63) is 98.9 Å². The second-order valence-corrected chi connectivity index (χ2v) is 9.01. The van der Waals surface area contributed by atoms with Crippen LogP contribution in [-0.4, -0.2) is 23.2 Å². The minimum atomic E-state index is -0.321. The molecule has 7 heteroatoms. The van der Waals surface area contributed by atoms with E-state index in [9.17, 15) is 9.59 Å². The highest BCUT2D eigenvalue weighted by Gasteiger charge is 2.35. The van der Waals surface area contributed by atoms with Gasteiger partial charge in [-0.15, -0.1) is 0 Å². The van der Waals surface area contributed by atoms with Crippen LogP contribution >= 0.6 is 23.4 Å². The highest BCUT2D eigenvalue weighted by Crippen LogP contribution is 2.35. The Morgan fingerprint density at radius 3 is 2.33 bits per heavy atom. The summed E-state index contributed by atoms with van der Waals surface area (Å²) in [7, 11) is 1.57. The van der Waals surface area contributed by atoms with Crippen LogP contribution in [0.1, 0.15) is 22.3 Å². The summed E-state index contributed by atoms with van der Waals surface area (Å²) in [5.41, 5.74) is 3.82. The average molecular weight is 480 g/mol. The van der Waals surface area contributed by atoms with Gasteiger partial charge in [0.2, 0.25) is 0 Å². The van der Waals surface area contributed by atoms with Gasteiger partial charge in [0.25, 0.3) is 11.1 Å². The number of rotatable bonds is 7. The number of amides is 2. The van der Waals surface area contributed by atoms with E-state index in [-0.39, 0.29) is 17.7 Å². The number of methoxy groups -OCH3 is 1. The molecule has 2 amide bonds. The van der Waals surface area contributed by atoms with Crippen LogP contribution in [0, 0.1) is 6.92 Å². The fourth-order valence-corrected chi connectivity index (χ4v) is 4.26. The van der Waals surface area contributed by atoms with Crippen LogP contribution < -0.4 is 9.47 Å². The fourth-order valence-electron chi connectivity index (χ4n) is 3.30. The lowest BCUT2D eigenvalue weighted by Gasteiger charge is -2.12. The number of thioether (sulfide) groups is 1. The van der Waals surface area contributed by atoms with Gasteiger partial charge in [-0.25, -0.2) is 0 Å². The zero-order valence-electron chi connectivity index (χ0n) is 18.2. The van der Waals surface area contributed by atoms with Crippen LogP contribution in [0.25, 0.3) is 6.08 Å². The fraction of sp³-hybridized carbons (Fsp3) is 0.154. The first-order chi connectivity index (χ1) is 15.9. The highest BCUT2D eigenvalue weighted by atomic mass is 35.5. The van der Waals surface area contributed by atoms with Crippen molar-refractivity contribution in [3.8, 4) is 11.5 Å². The summed E-state index contributed by atoms with van der Waals surface area (Å²) < 4.78 is 11.4. The summed E-state index contributed by atoms with van der Waals surface area (Å²) in [6, 6.07) is 20.6. The molecule has 0 bridgehead atoms. The van der Waals surface area contributed by atoms with Gasteiger partial charge >= 0.3 is 0 Å². The number of aryl methyl sites for hydroxylation is 1. The lowest BCUT2D eigenvalue weighted by Crippen LogP contribution is -2.27. The molecular formula is C26H22ClNO4S. The standard InChI is InChI=1S/C26H22ClNO4S/c1-17-3-5-19(6-4-17)16-32-22-12-9-20(13-23(22)31-2)14-24-25(29)28(26(30)33-24)15-18-7-10-21(27)11-8-18/h3-14H,15-16H2,1-2H3. The molecule has 4 rings (SSSR count). The minimum Gasteiger partial charge on any atom is -0.493 e. The van der Waals surface area contributed by atoms with Crippen molar-refractivity contribution in [3.63, 3.8) is 0 Å². The van der Waals surface area contributed by atoms with Gasteiger partial charge in [-0.3, -0.25) is 14.5 Å². The highest BCUT2D eigenvalue weighted by molar-refractivity contribution is 8.18. The van der Waals surface area contributed by atoms with Gasteiger partial charge in [-0.1, -0.05) is 59.6 Å². The second kappa shape index (κ2) is 10.1. The molecule has 33 heavy (non-hydrogen) atoms. The Morgan fingerprint density at radius 2 is 1.64 bits per heavy atom. The average Bonchev–Trinajstić information content (AvgIpc) is 3.07. The molecule has 1 aliphatic rings. The first-order valence-electron chi connectivity index (χ1n) is 10.3. The number of ether oxygens (including phenoxy) is 2. The van der Waals surface area contributed by atoms with E-state index in [0.29, 0.717) is 28.0 Å². The molecule has 1 aliphatic heterocycles. The van der Waals surface area contributed by atoms with E-state index in [1.165, 1.54) is 10.5 Å². The summed E-state index contributed by atoms with van der Waals surface area (Å²) in [4.78, 5) is 26.9. The van der Waals surface area contributed by atoms with Crippen LogP contribution in [0.4, 0.5) is 4.79 Å². The molecule has 0 N–H and O–H groups in total. The zero-order valence-corrected chi connectivity index (χ0v) is 19.8. The summed E-state index contributed by atoms with van der Waals surface area (Å²) in [5, 5.41) is 0.305. The lowest BCUT2D eigenvalue weighted by atomic mass is 10.1. The Hall–Kier alpha value is -3.22. The van der Waals surface area contributed by atoms with Crippen molar-refractivity contribution in [1.82, 2.24) is 4.90 Å². The number of benzene rings is 3. The molecule has 5 nitrogen and oxygen atoms in total. The summed E-state index contributed by atoms with van der Waals surface area (Å²) in [6.07, 6.45) is 1.69. The van der Waals surface area contributed by atoms with E-state index >= 15 is 0 Å². The normalized spacial score (nSPS) is 14.8. The molecule has 1 saturated heterocycles. The molecule has 3 aromatic rings. The molecule has 0 atom stereocenters. The Morgan fingerprint density at radius 1 is 0.939 bits per heavy atom. The molecular weight excluding hydrogens is 458 g/mol. The minimum absolute atomic E-state index is 0.203. The van der Waals surface area contributed by atoms with Crippen molar-refractivity contribution in [2.24, 2.45) is 0 Å². The van der Waals surface area contributed by atoms with Crippen molar-refractivity contribution in [1.29, 1.82) is 0 Å². The summed E-state index contributed by atoms with van der Waals surface area (Å²) >= 11 is 6.84. The van der Waals surface area contributed by atoms with Crippen molar-refractivity contribution in [2.45, 2.75) is 20.1 Å². The summed E-state index contributed by atoms with van der Waals surface area (Å²) in [5.74, 6) is 0.834. The van der Waals surface area contributed by atoms with Gasteiger partial charge in [0.15, 0.2) is 11.5 Å². The predicted octanol–water partition coefficient (Wildman–Crippen LogP) is 6.47. The number of carbonyl (C=O) groups is 2. The predicted molar refractivity (Wildman–Crippen MR) is 131 cm³/mol. The molecule has 0 saturated carbocycles. The van der Waals surface area contributed by atoms with Gasteiger partial charge in [-0.2, -0.15) is 0 Å². The van der Waals surface area contributed by atoms with Gasteiger partial charge in [0.05, 0.1) is 18.6 Å². The Kier molecular flexibility index (Phi) is 7.06. The lowest BCUT2D eigenvalue weighted by molar-refractivity contribution is -0.123. The van der Waals surface area contributed by atoms with Crippen LogP contribution in [0.15, 0.2) is 71.6 Å². The smallest absolute Gasteiger partial charge is 0.293 e. The first-order valence-corrected chi connectivity index (χ1v) is 11.5. The molecule has 3 aromatic carbocycles. The quantitative estimate of drug-likeness (QED) is 0.363. The number of halogens is 1. The largest absolute Gasteiger partial charge is 0.493 e. The van der Waals surface area contributed by atoms with E-state index in [0.717, 1.165) is 28.5 Å². The van der Waals surface area contributed by atoms with Crippen molar-refractivity contribution in [2.75, 3.05) is 7.11 Å². The molecule has 1 fully saturated rings. The van der Waals surface area contributed by atoms with E-state index in [2.05, 4.69) is 0 Å². The maximum atomic E-state index is 12.8. The number of hydrogen-bond acceptors (Lipinski definition) is 5. The SMILES string of the molecule is COc1cc(C=C2SC(=O)N(Cc3ccc(Cl)cc3)C2=O)ccc1OCc1ccc(C)cc1. The van der Waals surface area contributed by atoms with Gasteiger partial charge < -0.3 is 9.47 Å². The molecule has 0 aliphatic carbocycles. The summed E-state index contributed by atoms with van der Waals surface area (Å²) in [6.45, 7) is 2.66. The first kappa shape index (κ1) is 23.0. The zero-order chi connectivity index (χ0) is 23.4. The van der Waals surface area contributed by atoms with Crippen LogP contribution in [0.3, 0.4) is 0 Å². The third kappa shape index (κ3) is 5.59. The van der Waals surface area contributed by atoms with Crippen molar-refractivity contribution < 1.29 is 19.1 Å². The Labute approximate surface area is 202 Å². The number of imide groups is 1. The van der Waals surface area contributed by atoms with E-state index < -0.39 is 0 Å². The monoisotopic (exact) mass is 479 g/mol. The maximum Gasteiger partial charge on any atom is 0.293 e. The third-order valence-electron chi connectivity index (χ3n) is 5.13. The maximum absolute atomic E-state index is 12.8. The van der Waals surface area contributed by atoms with E-state index in [1.807, 2.05) is 37.3 Å². The molecule has 0 spiro atoms. The molecule has 0 radical (unpaired) electrons. The van der Waals surface area contributed by atoms with E-state index in [1.54, 1.807) is 49.6 Å².